The van der Waals surface area contributed by atoms with Gasteiger partial charge in [0.1, 0.15) is 0 Å². The van der Waals surface area contributed by atoms with E-state index in [0.29, 0.717) is 16.9 Å². The lowest BCUT2D eigenvalue weighted by Crippen LogP contribution is -2.50. The molecule has 3 rings (SSSR count). The van der Waals surface area contributed by atoms with Gasteiger partial charge < -0.3 is 5.32 Å². The van der Waals surface area contributed by atoms with Crippen molar-refractivity contribution in [2.24, 2.45) is 23.8 Å². The highest BCUT2D eigenvalue weighted by Crippen LogP contribution is 2.62. The normalized spacial score (nSPS) is 34.9. The molecule has 2 aliphatic carbocycles. The molecule has 20 heavy (non-hydrogen) atoms. The molecule has 0 aromatic carbocycles. The maximum Gasteiger partial charge on any atom is 0.0641 e. The molecule has 2 bridgehead atoms. The molecule has 1 aromatic heterocycles. The van der Waals surface area contributed by atoms with Crippen LogP contribution in [0.5, 0.6) is 0 Å². The molecule has 0 aliphatic heterocycles. The summed E-state index contributed by atoms with van der Waals surface area (Å²) in [6, 6.07) is 0.632. The van der Waals surface area contributed by atoms with Gasteiger partial charge in [0.25, 0.3) is 0 Å². The molecule has 0 amide bonds. The number of nitrogens with zero attached hydrogens (tertiary/aromatic N) is 2. The molecule has 2 fully saturated rings. The van der Waals surface area contributed by atoms with E-state index in [0.717, 1.165) is 12.5 Å². The Hall–Kier alpha value is -0.830. The maximum absolute atomic E-state index is 4.53. The molecule has 1 N–H and O–H groups in total. The Kier molecular flexibility index (Phi) is 3.06. The summed E-state index contributed by atoms with van der Waals surface area (Å²) >= 11 is 0. The summed E-state index contributed by atoms with van der Waals surface area (Å²) in [6.07, 6.45) is 4.22. The van der Waals surface area contributed by atoms with Crippen LogP contribution >= 0.6 is 0 Å². The van der Waals surface area contributed by atoms with Crippen LogP contribution < -0.4 is 5.32 Å². The van der Waals surface area contributed by atoms with E-state index >= 15 is 0 Å². The van der Waals surface area contributed by atoms with Crippen LogP contribution in [0, 0.1) is 30.6 Å². The lowest BCUT2D eigenvalue weighted by molar-refractivity contribution is 0.108. The minimum absolute atomic E-state index is 0.428. The highest BCUT2D eigenvalue weighted by Gasteiger charge is 2.58. The Morgan fingerprint density at radius 1 is 1.30 bits per heavy atom. The van der Waals surface area contributed by atoms with Gasteiger partial charge in [-0.15, -0.1) is 0 Å². The molecule has 112 valence electrons. The second-order valence-electron chi connectivity index (χ2n) is 8.00. The Labute approximate surface area is 123 Å². The fraction of sp³-hybridized carbons (Fsp3) is 0.824. The van der Waals surface area contributed by atoms with Crippen LogP contribution in [0.25, 0.3) is 0 Å². The van der Waals surface area contributed by atoms with E-state index in [4.69, 9.17) is 0 Å². The SMILES string of the molecule is Cc1nn(C)c(C)c1CNC1C2(C)CCC(C2)C1(C)C. The zero-order valence-electron chi connectivity index (χ0n) is 13.9. The smallest absolute Gasteiger partial charge is 0.0641 e. The summed E-state index contributed by atoms with van der Waals surface area (Å²) in [5.41, 5.74) is 4.77. The van der Waals surface area contributed by atoms with Crippen LogP contribution in [0.15, 0.2) is 0 Å². The summed E-state index contributed by atoms with van der Waals surface area (Å²) < 4.78 is 2.00. The second-order valence-corrected chi connectivity index (χ2v) is 8.00. The van der Waals surface area contributed by atoms with Gasteiger partial charge in [-0.3, -0.25) is 4.68 Å². The first kappa shape index (κ1) is 14.1. The topological polar surface area (TPSA) is 29.9 Å². The molecular formula is C17H29N3. The third-order valence-electron chi connectivity index (χ3n) is 6.41. The summed E-state index contributed by atoms with van der Waals surface area (Å²) in [6.45, 7) is 12.7. The fourth-order valence-electron chi connectivity index (χ4n) is 5.09. The molecular weight excluding hydrogens is 246 g/mol. The number of nitrogens with one attached hydrogen (secondary N) is 1. The predicted molar refractivity (Wildman–Crippen MR) is 82.5 cm³/mol. The van der Waals surface area contributed by atoms with E-state index < -0.39 is 0 Å². The van der Waals surface area contributed by atoms with Crippen LogP contribution in [-0.2, 0) is 13.6 Å². The van der Waals surface area contributed by atoms with Gasteiger partial charge in [-0.05, 0) is 49.9 Å². The highest BCUT2D eigenvalue weighted by molar-refractivity contribution is 5.24. The van der Waals surface area contributed by atoms with E-state index in [1.165, 1.54) is 36.2 Å². The van der Waals surface area contributed by atoms with Gasteiger partial charge in [0.2, 0.25) is 0 Å². The number of hydrogen-bond donors (Lipinski definition) is 1. The van der Waals surface area contributed by atoms with Crippen molar-refractivity contribution in [1.29, 1.82) is 0 Å². The van der Waals surface area contributed by atoms with E-state index in [2.05, 4.69) is 45.0 Å². The Bertz CT molecular complexity index is 524. The van der Waals surface area contributed by atoms with E-state index in [1.807, 2.05) is 11.7 Å². The van der Waals surface area contributed by atoms with Gasteiger partial charge in [0.15, 0.2) is 0 Å². The van der Waals surface area contributed by atoms with E-state index in [9.17, 15) is 0 Å². The summed E-state index contributed by atoms with van der Waals surface area (Å²) in [5, 5.41) is 8.44. The van der Waals surface area contributed by atoms with Crippen molar-refractivity contribution < 1.29 is 0 Å². The molecule has 1 heterocycles. The van der Waals surface area contributed by atoms with Crippen molar-refractivity contribution >= 4 is 0 Å². The van der Waals surface area contributed by atoms with Crippen molar-refractivity contribution in [3.8, 4) is 0 Å². The average Bonchev–Trinajstić information content (AvgIpc) is 2.91. The minimum atomic E-state index is 0.428. The van der Waals surface area contributed by atoms with Gasteiger partial charge in [-0.2, -0.15) is 5.10 Å². The van der Waals surface area contributed by atoms with Gasteiger partial charge >= 0.3 is 0 Å². The summed E-state index contributed by atoms with van der Waals surface area (Å²) in [7, 11) is 2.04. The quantitative estimate of drug-likeness (QED) is 0.917. The third-order valence-corrected chi connectivity index (χ3v) is 6.41. The molecule has 0 radical (unpaired) electrons. The number of aryl methyl sites for hydroxylation is 2. The van der Waals surface area contributed by atoms with Gasteiger partial charge in [0.05, 0.1) is 5.69 Å². The molecule has 0 spiro atoms. The molecule has 2 aliphatic rings. The predicted octanol–water partition coefficient (Wildman–Crippen LogP) is 3.34. The fourth-order valence-corrected chi connectivity index (χ4v) is 5.09. The average molecular weight is 275 g/mol. The van der Waals surface area contributed by atoms with E-state index in [1.54, 1.807) is 0 Å². The van der Waals surface area contributed by atoms with Crippen LogP contribution in [0.2, 0.25) is 0 Å². The van der Waals surface area contributed by atoms with Crippen molar-refractivity contribution in [1.82, 2.24) is 15.1 Å². The van der Waals surface area contributed by atoms with Crippen molar-refractivity contribution in [3.05, 3.63) is 17.0 Å². The first-order valence-corrected chi connectivity index (χ1v) is 7.98. The molecule has 2 saturated carbocycles. The van der Waals surface area contributed by atoms with Crippen LogP contribution in [0.3, 0.4) is 0 Å². The number of hydrogen-bond acceptors (Lipinski definition) is 2. The molecule has 3 atom stereocenters. The summed E-state index contributed by atoms with van der Waals surface area (Å²) in [5.74, 6) is 0.904. The Morgan fingerprint density at radius 2 is 2.00 bits per heavy atom. The third kappa shape index (κ3) is 1.86. The maximum atomic E-state index is 4.53. The van der Waals surface area contributed by atoms with Crippen LogP contribution in [0.1, 0.15) is 57.0 Å². The van der Waals surface area contributed by atoms with Crippen molar-refractivity contribution in [3.63, 3.8) is 0 Å². The van der Waals surface area contributed by atoms with Gasteiger partial charge in [-0.1, -0.05) is 20.8 Å². The van der Waals surface area contributed by atoms with E-state index in [-0.39, 0.29) is 0 Å². The van der Waals surface area contributed by atoms with Crippen LogP contribution in [0.4, 0.5) is 0 Å². The van der Waals surface area contributed by atoms with Crippen LogP contribution in [-0.4, -0.2) is 15.8 Å². The monoisotopic (exact) mass is 275 g/mol. The largest absolute Gasteiger partial charge is 0.309 e. The number of rotatable bonds is 3. The minimum Gasteiger partial charge on any atom is -0.309 e. The Balaban J connectivity index is 1.78. The molecule has 1 aromatic rings. The first-order valence-electron chi connectivity index (χ1n) is 7.98. The van der Waals surface area contributed by atoms with Gasteiger partial charge in [0, 0.05) is 30.9 Å². The lowest BCUT2D eigenvalue weighted by Gasteiger charge is -2.43. The highest BCUT2D eigenvalue weighted by atomic mass is 15.3. The van der Waals surface area contributed by atoms with Crippen molar-refractivity contribution in [2.45, 2.75) is 66.5 Å². The second kappa shape index (κ2) is 4.33. The first-order chi connectivity index (χ1) is 9.25. The molecule has 3 nitrogen and oxygen atoms in total. The van der Waals surface area contributed by atoms with Crippen molar-refractivity contribution in [2.75, 3.05) is 0 Å². The lowest BCUT2D eigenvalue weighted by atomic mass is 9.68. The van der Waals surface area contributed by atoms with Gasteiger partial charge in [-0.25, -0.2) is 0 Å². The molecule has 3 unspecified atom stereocenters. The standard InChI is InChI=1S/C17H29N3/c1-11-14(12(2)20(6)19-11)10-18-15-16(3,4)13-7-8-17(15,5)9-13/h13,15,18H,7-10H2,1-6H3. The zero-order chi connectivity index (χ0) is 14.7. The number of fused-ring (bicyclic) bond motifs is 2. The number of aromatic nitrogens is 2. The molecule has 0 saturated heterocycles. The Morgan fingerprint density at radius 3 is 2.50 bits per heavy atom. The zero-order valence-corrected chi connectivity index (χ0v) is 13.9. The summed E-state index contributed by atoms with van der Waals surface area (Å²) in [4.78, 5) is 0. The molecule has 3 heteroatoms.